The van der Waals surface area contributed by atoms with E-state index in [0.717, 1.165) is 5.56 Å². The van der Waals surface area contributed by atoms with Crippen molar-refractivity contribution in [2.45, 2.75) is 26.8 Å². The number of aromatic nitrogens is 3. The van der Waals surface area contributed by atoms with Crippen LogP contribution in [0.4, 0.5) is 5.95 Å². The van der Waals surface area contributed by atoms with Crippen molar-refractivity contribution < 1.29 is 0 Å². The van der Waals surface area contributed by atoms with E-state index in [4.69, 9.17) is 5.73 Å². The van der Waals surface area contributed by atoms with E-state index in [2.05, 4.69) is 16.1 Å². The Hall–Kier alpha value is -1.84. The van der Waals surface area contributed by atoms with Crippen molar-refractivity contribution in [1.29, 1.82) is 0 Å². The van der Waals surface area contributed by atoms with Crippen LogP contribution >= 0.6 is 0 Å². The summed E-state index contributed by atoms with van der Waals surface area (Å²) >= 11 is 0. The molecule has 16 heavy (non-hydrogen) atoms. The molecule has 0 saturated heterocycles. The van der Waals surface area contributed by atoms with Gasteiger partial charge in [-0.05, 0) is 26.8 Å². The SMILES string of the molecule is Cc1cccc(-c2nc(N)n(C(C)C)n2)c1. The van der Waals surface area contributed by atoms with Crippen LogP contribution in [0.2, 0.25) is 0 Å². The monoisotopic (exact) mass is 216 g/mol. The minimum absolute atomic E-state index is 0.228. The summed E-state index contributed by atoms with van der Waals surface area (Å²) in [5.41, 5.74) is 8.00. The Morgan fingerprint density at radius 1 is 1.31 bits per heavy atom. The van der Waals surface area contributed by atoms with Gasteiger partial charge in [0.1, 0.15) is 0 Å². The van der Waals surface area contributed by atoms with Crippen LogP contribution in [0, 0.1) is 6.92 Å². The summed E-state index contributed by atoms with van der Waals surface area (Å²) in [4.78, 5) is 4.27. The number of anilines is 1. The molecule has 2 N–H and O–H groups in total. The first-order valence-corrected chi connectivity index (χ1v) is 5.37. The van der Waals surface area contributed by atoms with Crippen molar-refractivity contribution in [3.63, 3.8) is 0 Å². The molecule has 0 bridgehead atoms. The molecule has 4 heteroatoms. The largest absolute Gasteiger partial charge is 0.368 e. The Balaban J connectivity index is 2.45. The molecule has 0 aliphatic rings. The molecule has 0 radical (unpaired) electrons. The first-order valence-electron chi connectivity index (χ1n) is 5.37. The van der Waals surface area contributed by atoms with Gasteiger partial charge in [-0.1, -0.05) is 23.8 Å². The number of nitrogens with zero attached hydrogens (tertiary/aromatic N) is 3. The van der Waals surface area contributed by atoms with Gasteiger partial charge >= 0.3 is 0 Å². The molecule has 1 aromatic carbocycles. The van der Waals surface area contributed by atoms with Crippen LogP contribution in [0.25, 0.3) is 11.4 Å². The predicted octanol–water partition coefficient (Wildman–Crippen LogP) is 2.42. The summed E-state index contributed by atoms with van der Waals surface area (Å²) in [6.45, 7) is 6.11. The van der Waals surface area contributed by atoms with Gasteiger partial charge in [0.2, 0.25) is 5.95 Å². The third kappa shape index (κ3) is 1.91. The van der Waals surface area contributed by atoms with E-state index in [1.165, 1.54) is 5.56 Å². The number of rotatable bonds is 2. The van der Waals surface area contributed by atoms with Crippen LogP contribution in [0.3, 0.4) is 0 Å². The lowest BCUT2D eigenvalue weighted by Gasteiger charge is -2.04. The van der Waals surface area contributed by atoms with Crippen molar-refractivity contribution in [3.05, 3.63) is 29.8 Å². The topological polar surface area (TPSA) is 56.7 Å². The average molecular weight is 216 g/mol. The standard InChI is InChI=1S/C12H16N4/c1-8(2)16-12(13)14-11(15-16)10-6-4-5-9(3)7-10/h4-8H,1-3H3,(H2,13,14,15). The molecular formula is C12H16N4. The third-order valence-electron chi connectivity index (χ3n) is 2.42. The molecule has 0 fully saturated rings. The van der Waals surface area contributed by atoms with Crippen LogP contribution in [0.5, 0.6) is 0 Å². The highest BCUT2D eigenvalue weighted by Gasteiger charge is 2.10. The van der Waals surface area contributed by atoms with E-state index in [9.17, 15) is 0 Å². The predicted molar refractivity (Wildman–Crippen MR) is 65.0 cm³/mol. The van der Waals surface area contributed by atoms with Gasteiger partial charge in [-0.15, -0.1) is 5.10 Å². The lowest BCUT2D eigenvalue weighted by Crippen LogP contribution is -2.07. The number of aryl methyl sites for hydroxylation is 1. The fourth-order valence-corrected chi connectivity index (χ4v) is 1.62. The van der Waals surface area contributed by atoms with Crippen LogP contribution < -0.4 is 5.73 Å². The van der Waals surface area contributed by atoms with Gasteiger partial charge in [0.05, 0.1) is 6.04 Å². The second kappa shape index (κ2) is 3.96. The maximum Gasteiger partial charge on any atom is 0.219 e. The number of nitrogens with two attached hydrogens (primary N) is 1. The zero-order chi connectivity index (χ0) is 11.7. The van der Waals surface area contributed by atoms with Crippen LogP contribution in [0.15, 0.2) is 24.3 Å². The zero-order valence-corrected chi connectivity index (χ0v) is 9.81. The Labute approximate surface area is 95.1 Å². The highest BCUT2D eigenvalue weighted by molar-refractivity contribution is 5.56. The van der Waals surface area contributed by atoms with Gasteiger partial charge < -0.3 is 5.73 Å². The fourth-order valence-electron chi connectivity index (χ4n) is 1.62. The second-order valence-corrected chi connectivity index (χ2v) is 4.20. The van der Waals surface area contributed by atoms with E-state index in [1.54, 1.807) is 4.68 Å². The summed E-state index contributed by atoms with van der Waals surface area (Å²) in [6.07, 6.45) is 0. The molecule has 0 aliphatic heterocycles. The molecule has 4 nitrogen and oxygen atoms in total. The lowest BCUT2D eigenvalue weighted by atomic mass is 10.1. The summed E-state index contributed by atoms with van der Waals surface area (Å²) in [5.74, 6) is 1.15. The smallest absolute Gasteiger partial charge is 0.219 e. The molecule has 0 amide bonds. The van der Waals surface area contributed by atoms with E-state index >= 15 is 0 Å². The molecule has 0 atom stereocenters. The Morgan fingerprint density at radius 2 is 2.06 bits per heavy atom. The molecule has 0 spiro atoms. The van der Waals surface area contributed by atoms with Crippen LogP contribution in [-0.4, -0.2) is 14.8 Å². The Bertz CT molecular complexity index is 499. The van der Waals surface area contributed by atoms with E-state index in [-0.39, 0.29) is 6.04 Å². The van der Waals surface area contributed by atoms with Crippen molar-refractivity contribution in [2.75, 3.05) is 5.73 Å². The van der Waals surface area contributed by atoms with E-state index < -0.39 is 0 Å². The summed E-state index contributed by atoms with van der Waals surface area (Å²) in [6, 6.07) is 8.32. The molecule has 2 aromatic rings. The second-order valence-electron chi connectivity index (χ2n) is 4.20. The van der Waals surface area contributed by atoms with Gasteiger partial charge in [-0.3, -0.25) is 0 Å². The lowest BCUT2D eigenvalue weighted by molar-refractivity contribution is 0.541. The maximum atomic E-state index is 5.81. The van der Waals surface area contributed by atoms with E-state index in [0.29, 0.717) is 11.8 Å². The van der Waals surface area contributed by atoms with Crippen LogP contribution in [-0.2, 0) is 0 Å². The fraction of sp³-hybridized carbons (Fsp3) is 0.333. The minimum Gasteiger partial charge on any atom is -0.368 e. The molecule has 0 saturated carbocycles. The maximum absolute atomic E-state index is 5.81. The van der Waals surface area contributed by atoms with Gasteiger partial charge in [0, 0.05) is 5.56 Å². The number of hydrogen-bond donors (Lipinski definition) is 1. The number of hydrogen-bond acceptors (Lipinski definition) is 3. The van der Waals surface area contributed by atoms with Gasteiger partial charge in [0.25, 0.3) is 0 Å². The Morgan fingerprint density at radius 3 is 2.62 bits per heavy atom. The summed E-state index contributed by atoms with van der Waals surface area (Å²) in [5, 5.41) is 4.40. The van der Waals surface area contributed by atoms with Crippen LogP contribution in [0.1, 0.15) is 25.5 Å². The highest BCUT2D eigenvalue weighted by atomic mass is 15.4. The molecule has 84 valence electrons. The van der Waals surface area contributed by atoms with Gasteiger partial charge in [-0.2, -0.15) is 4.98 Å². The first kappa shape index (κ1) is 10.7. The van der Waals surface area contributed by atoms with Gasteiger partial charge in [-0.25, -0.2) is 4.68 Å². The minimum atomic E-state index is 0.228. The number of nitrogen functional groups attached to an aromatic ring is 1. The molecule has 2 rings (SSSR count). The molecule has 1 heterocycles. The van der Waals surface area contributed by atoms with Gasteiger partial charge in [0.15, 0.2) is 5.82 Å². The molecule has 0 unspecified atom stereocenters. The molecular weight excluding hydrogens is 200 g/mol. The third-order valence-corrected chi connectivity index (χ3v) is 2.42. The molecule has 1 aromatic heterocycles. The Kier molecular flexibility index (Phi) is 2.64. The normalized spacial score (nSPS) is 11.0. The average Bonchev–Trinajstić information content (AvgIpc) is 2.60. The summed E-state index contributed by atoms with van der Waals surface area (Å²) < 4.78 is 1.73. The van der Waals surface area contributed by atoms with Crippen molar-refractivity contribution in [1.82, 2.24) is 14.8 Å². The zero-order valence-electron chi connectivity index (χ0n) is 9.81. The van der Waals surface area contributed by atoms with Crippen molar-refractivity contribution in [2.24, 2.45) is 0 Å². The summed E-state index contributed by atoms with van der Waals surface area (Å²) in [7, 11) is 0. The number of benzene rings is 1. The van der Waals surface area contributed by atoms with Crippen molar-refractivity contribution in [3.8, 4) is 11.4 Å². The first-order chi connectivity index (χ1) is 7.58. The highest BCUT2D eigenvalue weighted by Crippen LogP contribution is 2.19. The van der Waals surface area contributed by atoms with Crippen molar-refractivity contribution >= 4 is 5.95 Å². The quantitative estimate of drug-likeness (QED) is 0.838. The van der Waals surface area contributed by atoms with E-state index in [1.807, 2.05) is 39.0 Å². The molecule has 0 aliphatic carbocycles.